The molecule has 2 aromatic heterocycles. The van der Waals surface area contributed by atoms with E-state index in [1.165, 1.54) is 12.8 Å². The minimum absolute atomic E-state index is 0.0263. The fraction of sp³-hybridized carbons (Fsp3) is 0.524. The van der Waals surface area contributed by atoms with E-state index in [9.17, 15) is 9.59 Å². The van der Waals surface area contributed by atoms with Crippen molar-refractivity contribution in [1.82, 2.24) is 20.1 Å². The van der Waals surface area contributed by atoms with Gasteiger partial charge in [0.15, 0.2) is 0 Å². The van der Waals surface area contributed by atoms with Gasteiger partial charge in [-0.1, -0.05) is 0 Å². The molecule has 7 nitrogen and oxygen atoms in total. The molecule has 3 heterocycles. The maximum absolute atomic E-state index is 12.3. The summed E-state index contributed by atoms with van der Waals surface area (Å²) in [5.41, 5.74) is 1.90. The molecular formula is C21H27N5O2. The number of rotatable bonds is 7. The maximum Gasteiger partial charge on any atom is 0.268 e. The molecule has 28 heavy (non-hydrogen) atoms. The summed E-state index contributed by atoms with van der Waals surface area (Å²) < 4.78 is 1.58. The Labute approximate surface area is 164 Å². The molecule has 0 aromatic carbocycles. The molecule has 1 amide bonds. The van der Waals surface area contributed by atoms with Crippen LogP contribution < -0.4 is 15.8 Å². The lowest BCUT2D eigenvalue weighted by molar-refractivity contribution is -0.122. The van der Waals surface area contributed by atoms with Crippen molar-refractivity contribution in [3.05, 3.63) is 52.7 Å². The van der Waals surface area contributed by atoms with Gasteiger partial charge in [-0.15, -0.1) is 0 Å². The van der Waals surface area contributed by atoms with Gasteiger partial charge in [-0.3, -0.25) is 14.6 Å². The zero-order chi connectivity index (χ0) is 19.3. The van der Waals surface area contributed by atoms with E-state index < -0.39 is 0 Å². The Kier molecular flexibility index (Phi) is 5.69. The van der Waals surface area contributed by atoms with E-state index in [1.807, 2.05) is 12.1 Å². The van der Waals surface area contributed by atoms with Gasteiger partial charge in [0.1, 0.15) is 0 Å². The van der Waals surface area contributed by atoms with Gasteiger partial charge in [-0.25, -0.2) is 4.68 Å². The number of amides is 1. The number of nitrogens with one attached hydrogen (secondary N) is 1. The Morgan fingerprint density at radius 1 is 1.18 bits per heavy atom. The van der Waals surface area contributed by atoms with Gasteiger partial charge >= 0.3 is 0 Å². The number of hydrogen-bond donors (Lipinski definition) is 1. The first kappa shape index (κ1) is 18.7. The number of carbonyl (C=O) groups is 1. The molecule has 1 aliphatic carbocycles. The van der Waals surface area contributed by atoms with Crippen molar-refractivity contribution in [1.29, 1.82) is 0 Å². The summed E-state index contributed by atoms with van der Waals surface area (Å²) in [6, 6.07) is 5.50. The minimum atomic E-state index is -0.0263. The highest BCUT2D eigenvalue weighted by Gasteiger charge is 2.25. The van der Waals surface area contributed by atoms with Crippen LogP contribution in [0, 0.1) is 11.8 Å². The number of nitrogens with zero attached hydrogens (tertiary/aromatic N) is 4. The fourth-order valence-corrected chi connectivity index (χ4v) is 3.78. The van der Waals surface area contributed by atoms with Gasteiger partial charge in [0.2, 0.25) is 5.91 Å². The highest BCUT2D eigenvalue weighted by molar-refractivity contribution is 5.76. The van der Waals surface area contributed by atoms with Gasteiger partial charge in [0, 0.05) is 51.1 Å². The Hall–Kier alpha value is -2.70. The van der Waals surface area contributed by atoms with Crippen molar-refractivity contribution in [2.24, 2.45) is 11.8 Å². The van der Waals surface area contributed by atoms with E-state index in [0.29, 0.717) is 24.8 Å². The fourth-order valence-electron chi connectivity index (χ4n) is 3.78. The van der Waals surface area contributed by atoms with E-state index in [2.05, 4.69) is 20.3 Å². The lowest BCUT2D eigenvalue weighted by atomic mass is 9.94. The quantitative estimate of drug-likeness (QED) is 0.793. The highest BCUT2D eigenvalue weighted by atomic mass is 16.1. The number of piperidine rings is 1. The maximum atomic E-state index is 12.3. The largest absolute Gasteiger partial charge is 0.370 e. The summed E-state index contributed by atoms with van der Waals surface area (Å²) in [7, 11) is 0. The molecule has 2 aliphatic rings. The van der Waals surface area contributed by atoms with Crippen LogP contribution in [0.15, 0.2) is 41.6 Å². The molecule has 0 radical (unpaired) electrons. The highest BCUT2D eigenvalue weighted by Crippen LogP contribution is 2.30. The van der Waals surface area contributed by atoms with Crippen LogP contribution in [-0.2, 0) is 17.9 Å². The van der Waals surface area contributed by atoms with Gasteiger partial charge < -0.3 is 10.2 Å². The van der Waals surface area contributed by atoms with Crippen molar-refractivity contribution in [2.75, 3.05) is 18.0 Å². The zero-order valence-corrected chi connectivity index (χ0v) is 16.1. The molecule has 1 saturated heterocycles. The SMILES string of the molecule is O=C(CC1CCCN(c2cnn(CC3CC3)c(=O)c2)C1)NCc1ccncc1. The summed E-state index contributed by atoms with van der Waals surface area (Å²) >= 11 is 0. The summed E-state index contributed by atoms with van der Waals surface area (Å²) in [5.74, 6) is 0.989. The molecule has 1 atom stereocenters. The molecule has 0 spiro atoms. The van der Waals surface area contributed by atoms with Crippen molar-refractivity contribution >= 4 is 11.6 Å². The molecule has 148 valence electrons. The average Bonchev–Trinajstić information content (AvgIpc) is 3.53. The minimum Gasteiger partial charge on any atom is -0.370 e. The Morgan fingerprint density at radius 3 is 2.75 bits per heavy atom. The summed E-state index contributed by atoms with van der Waals surface area (Å²) in [4.78, 5) is 30.8. The summed E-state index contributed by atoms with van der Waals surface area (Å²) in [5, 5.41) is 7.35. The van der Waals surface area contributed by atoms with Crippen LogP contribution in [0.25, 0.3) is 0 Å². The normalized spacial score (nSPS) is 19.4. The van der Waals surface area contributed by atoms with Crippen molar-refractivity contribution in [2.45, 2.75) is 45.2 Å². The number of pyridine rings is 1. The van der Waals surface area contributed by atoms with Gasteiger partial charge in [0.05, 0.1) is 11.9 Å². The van der Waals surface area contributed by atoms with Crippen LogP contribution in [0.2, 0.25) is 0 Å². The third-order valence-electron chi connectivity index (χ3n) is 5.58. The molecule has 1 aliphatic heterocycles. The molecule has 2 fully saturated rings. The van der Waals surface area contributed by atoms with Crippen LogP contribution in [0.5, 0.6) is 0 Å². The van der Waals surface area contributed by atoms with E-state index in [4.69, 9.17) is 0 Å². The van der Waals surface area contributed by atoms with Crippen LogP contribution in [0.1, 0.15) is 37.7 Å². The smallest absolute Gasteiger partial charge is 0.268 e. The van der Waals surface area contributed by atoms with Gasteiger partial charge in [-0.2, -0.15) is 5.10 Å². The van der Waals surface area contributed by atoms with Crippen molar-refractivity contribution in [3.8, 4) is 0 Å². The van der Waals surface area contributed by atoms with Gasteiger partial charge in [-0.05, 0) is 55.2 Å². The number of hydrogen-bond acceptors (Lipinski definition) is 5. The van der Waals surface area contributed by atoms with Gasteiger partial charge in [0.25, 0.3) is 5.56 Å². The van der Waals surface area contributed by atoms with Crippen LogP contribution >= 0.6 is 0 Å². The predicted octanol–water partition coefficient (Wildman–Crippen LogP) is 1.97. The summed E-state index contributed by atoms with van der Waals surface area (Å²) in [6.45, 7) is 2.96. The first-order valence-electron chi connectivity index (χ1n) is 10.1. The molecule has 1 N–H and O–H groups in total. The van der Waals surface area contributed by atoms with Crippen molar-refractivity contribution in [3.63, 3.8) is 0 Å². The molecule has 2 aromatic rings. The Bertz CT molecular complexity index is 863. The molecule has 1 saturated carbocycles. The molecule has 0 bridgehead atoms. The lowest BCUT2D eigenvalue weighted by Crippen LogP contribution is -2.38. The van der Waals surface area contributed by atoms with E-state index >= 15 is 0 Å². The molecule has 7 heteroatoms. The first-order valence-corrected chi connectivity index (χ1v) is 10.1. The standard InChI is InChI=1S/C21H27N5O2/c27-20(23-12-16-5-7-22-8-6-16)10-18-2-1-9-25(14-18)19-11-21(28)26(24-13-19)15-17-3-4-17/h5-8,11,13,17-18H,1-4,9-10,12,14-15H2,(H,23,27). The Morgan fingerprint density at radius 2 is 2.00 bits per heavy atom. The van der Waals surface area contributed by atoms with E-state index in [1.54, 1.807) is 29.3 Å². The molecular weight excluding hydrogens is 354 g/mol. The lowest BCUT2D eigenvalue weighted by Gasteiger charge is -2.34. The van der Waals surface area contributed by atoms with E-state index in [-0.39, 0.29) is 11.5 Å². The topological polar surface area (TPSA) is 80.1 Å². The Balaban J connectivity index is 1.30. The third kappa shape index (κ3) is 4.97. The number of aromatic nitrogens is 3. The second kappa shape index (κ2) is 8.54. The zero-order valence-electron chi connectivity index (χ0n) is 16.1. The second-order valence-corrected chi connectivity index (χ2v) is 7.97. The number of anilines is 1. The molecule has 4 rings (SSSR count). The van der Waals surface area contributed by atoms with Crippen LogP contribution in [0.3, 0.4) is 0 Å². The van der Waals surface area contributed by atoms with Crippen LogP contribution in [0.4, 0.5) is 5.69 Å². The monoisotopic (exact) mass is 381 g/mol. The van der Waals surface area contributed by atoms with Crippen LogP contribution in [-0.4, -0.2) is 33.8 Å². The second-order valence-electron chi connectivity index (χ2n) is 7.97. The molecule has 1 unspecified atom stereocenters. The van der Waals surface area contributed by atoms with E-state index in [0.717, 1.165) is 43.7 Å². The predicted molar refractivity (Wildman–Crippen MR) is 107 cm³/mol. The average molecular weight is 381 g/mol. The van der Waals surface area contributed by atoms with Crippen molar-refractivity contribution < 1.29 is 4.79 Å². The first-order chi connectivity index (χ1) is 13.7. The number of carbonyl (C=O) groups excluding carboxylic acids is 1. The third-order valence-corrected chi connectivity index (χ3v) is 5.58. The summed E-state index contributed by atoms with van der Waals surface area (Å²) in [6.07, 6.45) is 10.2.